The van der Waals surface area contributed by atoms with Crippen molar-refractivity contribution in [3.05, 3.63) is 29.3 Å². The maximum atomic E-state index is 12.7. The van der Waals surface area contributed by atoms with Crippen LogP contribution in [0.4, 0.5) is 5.69 Å². The van der Waals surface area contributed by atoms with Crippen LogP contribution in [0.25, 0.3) is 0 Å². The molecule has 2 N–H and O–H groups in total. The quantitative estimate of drug-likeness (QED) is 0.695. The van der Waals surface area contributed by atoms with E-state index < -0.39 is 6.04 Å². The molecule has 2 heterocycles. The standard InChI is InChI=1S/C20H27N3O4/c1-21-19(26)5-3-17(13-25)23-11-15-10-16(2-4-18(15)20(23)27)22-8-6-14(12-24)7-9-22/h2,4,10,13-14,17,24H,3,5-9,11-12H2,1H3,(H,21,26). The van der Waals surface area contributed by atoms with E-state index in [1.807, 2.05) is 18.2 Å². The Morgan fingerprint density at radius 2 is 2.11 bits per heavy atom. The number of piperidine rings is 1. The molecule has 27 heavy (non-hydrogen) atoms. The van der Waals surface area contributed by atoms with Crippen LogP contribution in [0.3, 0.4) is 0 Å². The summed E-state index contributed by atoms with van der Waals surface area (Å²) < 4.78 is 0. The Hall–Kier alpha value is -2.41. The van der Waals surface area contributed by atoms with Crippen LogP contribution in [0.2, 0.25) is 0 Å². The summed E-state index contributed by atoms with van der Waals surface area (Å²) in [5.74, 6) is 0.0885. The van der Waals surface area contributed by atoms with Crippen LogP contribution in [-0.4, -0.2) is 60.9 Å². The van der Waals surface area contributed by atoms with Crippen molar-refractivity contribution >= 4 is 23.8 Å². The van der Waals surface area contributed by atoms with Gasteiger partial charge in [0.2, 0.25) is 5.91 Å². The molecular formula is C20H27N3O4. The number of anilines is 1. The van der Waals surface area contributed by atoms with Crippen molar-refractivity contribution in [1.29, 1.82) is 0 Å². The van der Waals surface area contributed by atoms with Gasteiger partial charge in [-0.15, -0.1) is 0 Å². The Morgan fingerprint density at radius 3 is 2.74 bits per heavy atom. The number of hydrogen-bond donors (Lipinski definition) is 2. The molecule has 0 spiro atoms. The number of carbonyl (C=O) groups excluding carboxylic acids is 3. The minimum atomic E-state index is -0.592. The highest BCUT2D eigenvalue weighted by atomic mass is 16.3. The van der Waals surface area contributed by atoms with Gasteiger partial charge in [-0.25, -0.2) is 0 Å². The molecule has 3 rings (SSSR count). The number of aldehydes is 1. The van der Waals surface area contributed by atoms with Crippen molar-refractivity contribution in [3.8, 4) is 0 Å². The topological polar surface area (TPSA) is 90.0 Å². The SMILES string of the molecule is CNC(=O)CCC(C=O)N1Cc2cc(N3CCC(CO)CC3)ccc2C1=O. The summed E-state index contributed by atoms with van der Waals surface area (Å²) >= 11 is 0. The molecule has 1 aromatic rings. The van der Waals surface area contributed by atoms with Crippen LogP contribution >= 0.6 is 0 Å². The smallest absolute Gasteiger partial charge is 0.255 e. The average Bonchev–Trinajstić information content (AvgIpc) is 3.04. The summed E-state index contributed by atoms with van der Waals surface area (Å²) in [7, 11) is 1.56. The third kappa shape index (κ3) is 4.13. The number of nitrogens with zero attached hydrogens (tertiary/aromatic N) is 2. The van der Waals surface area contributed by atoms with Gasteiger partial charge in [-0.3, -0.25) is 9.59 Å². The van der Waals surface area contributed by atoms with Crippen molar-refractivity contribution in [1.82, 2.24) is 10.2 Å². The maximum Gasteiger partial charge on any atom is 0.255 e. The zero-order valence-corrected chi connectivity index (χ0v) is 15.7. The molecule has 1 atom stereocenters. The fraction of sp³-hybridized carbons (Fsp3) is 0.550. The second kappa shape index (κ2) is 8.52. The number of aliphatic hydroxyl groups is 1. The summed E-state index contributed by atoms with van der Waals surface area (Å²) in [5.41, 5.74) is 2.64. The number of benzene rings is 1. The van der Waals surface area contributed by atoms with Crippen molar-refractivity contribution in [3.63, 3.8) is 0 Å². The molecular weight excluding hydrogens is 346 g/mol. The van der Waals surface area contributed by atoms with Crippen molar-refractivity contribution in [2.45, 2.75) is 38.3 Å². The summed E-state index contributed by atoms with van der Waals surface area (Å²) in [6.07, 6.45) is 3.22. The van der Waals surface area contributed by atoms with Crippen LogP contribution in [0.15, 0.2) is 18.2 Å². The average molecular weight is 373 g/mol. The molecule has 1 saturated heterocycles. The van der Waals surface area contributed by atoms with Crippen LogP contribution < -0.4 is 10.2 Å². The highest BCUT2D eigenvalue weighted by Gasteiger charge is 2.33. The monoisotopic (exact) mass is 373 g/mol. The van der Waals surface area contributed by atoms with E-state index in [9.17, 15) is 19.5 Å². The van der Waals surface area contributed by atoms with Gasteiger partial charge in [-0.05, 0) is 48.9 Å². The van der Waals surface area contributed by atoms with E-state index in [4.69, 9.17) is 0 Å². The van der Waals surface area contributed by atoms with Gasteiger partial charge in [0.25, 0.3) is 5.91 Å². The van der Waals surface area contributed by atoms with E-state index in [2.05, 4.69) is 10.2 Å². The van der Waals surface area contributed by atoms with E-state index in [1.165, 1.54) is 0 Å². The first-order chi connectivity index (χ1) is 13.1. The molecule has 2 aliphatic heterocycles. The van der Waals surface area contributed by atoms with Crippen molar-refractivity contribution < 1.29 is 19.5 Å². The largest absolute Gasteiger partial charge is 0.396 e. The van der Waals surface area contributed by atoms with Gasteiger partial charge in [0.1, 0.15) is 6.29 Å². The zero-order valence-electron chi connectivity index (χ0n) is 15.7. The Kier molecular flexibility index (Phi) is 6.11. The zero-order chi connectivity index (χ0) is 19.4. The van der Waals surface area contributed by atoms with E-state index in [0.717, 1.165) is 43.5 Å². The minimum absolute atomic E-state index is 0.139. The second-order valence-electron chi connectivity index (χ2n) is 7.30. The fourth-order valence-corrected chi connectivity index (χ4v) is 3.87. The lowest BCUT2D eigenvalue weighted by molar-refractivity contribution is -0.121. The van der Waals surface area contributed by atoms with Crippen molar-refractivity contribution in [2.24, 2.45) is 5.92 Å². The Morgan fingerprint density at radius 1 is 1.37 bits per heavy atom. The third-order valence-electron chi connectivity index (χ3n) is 5.66. The number of carbonyl (C=O) groups is 3. The number of amides is 2. The van der Waals surface area contributed by atoms with Crippen molar-refractivity contribution in [2.75, 3.05) is 31.6 Å². The first-order valence-electron chi connectivity index (χ1n) is 9.53. The van der Waals surface area contributed by atoms with Gasteiger partial charge in [0.15, 0.2) is 0 Å². The first-order valence-corrected chi connectivity index (χ1v) is 9.53. The van der Waals surface area contributed by atoms with E-state index in [-0.39, 0.29) is 24.8 Å². The number of aliphatic hydroxyl groups excluding tert-OH is 1. The summed E-state index contributed by atoms with van der Waals surface area (Å²) in [5, 5.41) is 11.8. The van der Waals surface area contributed by atoms with Gasteiger partial charge in [0, 0.05) is 51.0 Å². The minimum Gasteiger partial charge on any atom is -0.396 e. The Labute approximate surface area is 159 Å². The lowest BCUT2D eigenvalue weighted by atomic mass is 9.97. The van der Waals surface area contributed by atoms with Gasteiger partial charge in [-0.1, -0.05) is 0 Å². The predicted octanol–water partition coefficient (Wildman–Crippen LogP) is 0.945. The number of nitrogens with one attached hydrogen (secondary N) is 1. The first kappa shape index (κ1) is 19.4. The van der Waals surface area contributed by atoms with E-state index in [1.54, 1.807) is 11.9 Å². The molecule has 0 radical (unpaired) electrons. The molecule has 1 unspecified atom stereocenters. The van der Waals surface area contributed by atoms with Crippen LogP contribution in [0.1, 0.15) is 41.6 Å². The molecule has 0 saturated carbocycles. The van der Waals surface area contributed by atoms with Gasteiger partial charge < -0.3 is 25.0 Å². The third-order valence-corrected chi connectivity index (χ3v) is 5.66. The Balaban J connectivity index is 1.69. The molecule has 0 aromatic heterocycles. The fourth-order valence-electron chi connectivity index (χ4n) is 3.87. The summed E-state index contributed by atoms with van der Waals surface area (Å²) in [4.78, 5) is 39.5. The lowest BCUT2D eigenvalue weighted by Crippen LogP contribution is -2.37. The van der Waals surface area contributed by atoms with E-state index >= 15 is 0 Å². The second-order valence-corrected chi connectivity index (χ2v) is 7.30. The summed E-state index contributed by atoms with van der Waals surface area (Å²) in [6.45, 7) is 2.42. The molecule has 146 valence electrons. The normalized spacial score (nSPS) is 18.4. The number of hydrogen-bond acceptors (Lipinski definition) is 5. The van der Waals surface area contributed by atoms with Gasteiger partial charge >= 0.3 is 0 Å². The lowest BCUT2D eigenvalue weighted by Gasteiger charge is -2.33. The maximum absolute atomic E-state index is 12.7. The molecule has 1 fully saturated rings. The van der Waals surface area contributed by atoms with Gasteiger partial charge in [0.05, 0.1) is 6.04 Å². The number of rotatable bonds is 7. The molecule has 2 aliphatic rings. The highest BCUT2D eigenvalue weighted by molar-refractivity contribution is 6.00. The predicted molar refractivity (Wildman–Crippen MR) is 101 cm³/mol. The molecule has 2 amide bonds. The summed E-state index contributed by atoms with van der Waals surface area (Å²) in [6, 6.07) is 5.24. The van der Waals surface area contributed by atoms with Crippen LogP contribution in [-0.2, 0) is 16.1 Å². The Bertz CT molecular complexity index is 713. The van der Waals surface area contributed by atoms with Crippen LogP contribution in [0.5, 0.6) is 0 Å². The van der Waals surface area contributed by atoms with Crippen LogP contribution in [0, 0.1) is 5.92 Å². The molecule has 0 bridgehead atoms. The molecule has 0 aliphatic carbocycles. The molecule has 7 heteroatoms. The number of fused-ring (bicyclic) bond motifs is 1. The van der Waals surface area contributed by atoms with Gasteiger partial charge in [-0.2, -0.15) is 0 Å². The molecule has 1 aromatic carbocycles. The van der Waals surface area contributed by atoms with E-state index in [0.29, 0.717) is 24.4 Å². The highest BCUT2D eigenvalue weighted by Crippen LogP contribution is 2.31. The molecule has 7 nitrogen and oxygen atoms in total.